The van der Waals surface area contributed by atoms with E-state index in [1.165, 1.54) is 76.0 Å². The smallest absolute Gasteiger partial charge is 0.462 e. The second-order valence-corrected chi connectivity index (χ2v) is 19.5. The zero-order valence-corrected chi connectivity index (χ0v) is 39.9. The molecule has 1 heterocycles. The normalized spacial score (nSPS) is 15.0. The van der Waals surface area contributed by atoms with Crippen LogP contribution in [0.3, 0.4) is 0 Å². The number of unbranched alkanes of at least 4 members (excludes halogenated alkanes) is 17. The van der Waals surface area contributed by atoms with Gasteiger partial charge in [-0.2, -0.15) is 13.2 Å². The summed E-state index contributed by atoms with van der Waals surface area (Å²) < 4.78 is 79.9. The number of halogens is 4. The number of likely N-dealkylation sites (N-methyl/N-ethyl adjacent to an activating group) is 1. The van der Waals surface area contributed by atoms with Crippen molar-refractivity contribution in [2.45, 2.75) is 173 Å². The summed E-state index contributed by atoms with van der Waals surface area (Å²) >= 11 is 1.90. The number of ether oxygens (including phenoxy) is 3. The van der Waals surface area contributed by atoms with Crippen molar-refractivity contribution in [2.75, 3.05) is 47.5 Å². The predicted molar refractivity (Wildman–Crippen MR) is 234 cm³/mol. The van der Waals surface area contributed by atoms with E-state index in [2.05, 4.69) is 17.2 Å². The Morgan fingerprint density at radius 1 is 0.738 bits per heavy atom. The molecule has 0 amide bonds. The number of benzene rings is 1. The van der Waals surface area contributed by atoms with E-state index in [0.29, 0.717) is 39.4 Å². The monoisotopic (exact) mass is 1000 g/mol. The highest BCUT2D eigenvalue weighted by molar-refractivity contribution is 14.1. The molecule has 0 aromatic heterocycles. The molecule has 350 valence electrons. The van der Waals surface area contributed by atoms with E-state index in [4.69, 9.17) is 23.3 Å². The van der Waals surface area contributed by atoms with Crippen molar-refractivity contribution in [3.05, 3.63) is 32.9 Å². The van der Waals surface area contributed by atoms with Crippen LogP contribution in [-0.2, 0) is 54.5 Å². The van der Waals surface area contributed by atoms with Crippen molar-refractivity contribution in [3.8, 4) is 0 Å². The van der Waals surface area contributed by atoms with Crippen molar-refractivity contribution in [2.24, 2.45) is 10.2 Å². The molecule has 1 unspecified atom stereocenters. The van der Waals surface area contributed by atoms with Crippen molar-refractivity contribution >= 4 is 48.3 Å². The number of carbonyl (C=O) groups is 3. The van der Waals surface area contributed by atoms with Crippen molar-refractivity contribution < 1.29 is 64.8 Å². The quantitative estimate of drug-likeness (QED) is 0.0171. The maximum Gasteiger partial charge on any atom is 0.472 e. The predicted octanol–water partition coefficient (Wildman–Crippen LogP) is 11.4. The highest BCUT2D eigenvalue weighted by Gasteiger charge is 2.65. The molecule has 0 fully saturated rings. The first-order chi connectivity index (χ1) is 28.9. The fourth-order valence-electron chi connectivity index (χ4n) is 6.35. The zero-order valence-electron chi connectivity index (χ0n) is 36.8. The van der Waals surface area contributed by atoms with Gasteiger partial charge in [-0.1, -0.05) is 122 Å². The maximum absolute atomic E-state index is 13.3. The van der Waals surface area contributed by atoms with E-state index in [1.54, 1.807) is 0 Å². The second kappa shape index (κ2) is 29.3. The molecule has 13 nitrogen and oxygen atoms in total. The van der Waals surface area contributed by atoms with Gasteiger partial charge in [-0.05, 0) is 47.9 Å². The van der Waals surface area contributed by atoms with Gasteiger partial charge in [0.05, 0.1) is 27.7 Å². The zero-order chi connectivity index (χ0) is 45.2. The van der Waals surface area contributed by atoms with Crippen LogP contribution in [0.15, 0.2) is 28.4 Å². The lowest BCUT2D eigenvalue weighted by atomic mass is 10.0. The number of phosphoric ester groups is 1. The average molecular weight is 1000 g/mol. The standard InChI is InChI=1S/C43H70F3IN3O10P/c1-5-6-7-8-9-10-11-12-13-14-15-18-22-25-40(52)57-33-37(34-59-61(54,55)58-30-29-50(2,3)4)60-41(53)26-23-20-17-16-19-21-24-39(51)56-32-35-27-28-36(31-38(35)47)42(48-49-42)43(44,45)46/h27-28,31,37H,5-26,29-30,32-34H2,1-4H3/p+1/t37-/m1/s1/i47-2. The molecule has 0 bridgehead atoms. The van der Waals surface area contributed by atoms with Crippen LogP contribution in [-0.4, -0.2) is 87.1 Å². The van der Waals surface area contributed by atoms with Crippen molar-refractivity contribution in [1.29, 1.82) is 0 Å². The fraction of sp³-hybridized carbons (Fsp3) is 0.791. The minimum Gasteiger partial charge on any atom is -0.462 e. The summed E-state index contributed by atoms with van der Waals surface area (Å²) in [6.45, 7) is 1.81. The Hall–Kier alpha value is -2.18. The molecule has 1 aromatic carbocycles. The lowest BCUT2D eigenvalue weighted by Crippen LogP contribution is -2.37. The third-order valence-corrected chi connectivity index (χ3v) is 12.2. The number of alkyl halides is 3. The van der Waals surface area contributed by atoms with Crippen LogP contribution in [0.2, 0.25) is 0 Å². The molecule has 0 spiro atoms. The summed E-state index contributed by atoms with van der Waals surface area (Å²) in [6, 6.07) is 4.13. The minimum atomic E-state index is -4.61. The maximum atomic E-state index is 13.3. The van der Waals surface area contributed by atoms with Crippen LogP contribution in [0.4, 0.5) is 13.2 Å². The Balaban J connectivity index is 1.64. The number of hydrogen-bond donors (Lipinski definition) is 1. The van der Waals surface area contributed by atoms with E-state index in [1.807, 2.05) is 43.7 Å². The second-order valence-electron chi connectivity index (χ2n) is 16.9. The summed E-state index contributed by atoms with van der Waals surface area (Å²) in [6.07, 6.45) is 14.5. The van der Waals surface area contributed by atoms with Crippen molar-refractivity contribution in [3.63, 3.8) is 0 Å². The summed E-state index contributed by atoms with van der Waals surface area (Å²) in [5.74, 6) is -1.39. The van der Waals surface area contributed by atoms with Crippen LogP contribution in [0.25, 0.3) is 0 Å². The number of rotatable bonds is 36. The van der Waals surface area contributed by atoms with E-state index in [-0.39, 0.29) is 44.6 Å². The molecule has 18 heteroatoms. The van der Waals surface area contributed by atoms with Gasteiger partial charge < -0.3 is 23.6 Å². The van der Waals surface area contributed by atoms with Gasteiger partial charge >= 0.3 is 37.6 Å². The molecule has 1 aliphatic heterocycles. The molecule has 1 aliphatic rings. The van der Waals surface area contributed by atoms with Crippen LogP contribution >= 0.6 is 30.4 Å². The Labute approximate surface area is 374 Å². The molecule has 0 aliphatic carbocycles. The lowest BCUT2D eigenvalue weighted by Gasteiger charge is -2.24. The van der Waals surface area contributed by atoms with Gasteiger partial charge in [-0.25, -0.2) is 4.57 Å². The molecular weight excluding hydrogens is 931 g/mol. The SMILES string of the molecule is CCCCCCCCCCCCCCCC(=O)OC[C@H](COP(=O)(O)OCC[N+](C)(C)C)OC(=O)CCCCCCCCC(=O)OCc1ccc(C2(C(F)(F)F)N=N2)cc1[125I]. The van der Waals surface area contributed by atoms with Gasteiger partial charge in [0.25, 0.3) is 0 Å². The van der Waals surface area contributed by atoms with E-state index >= 15 is 0 Å². The van der Waals surface area contributed by atoms with Gasteiger partial charge in [0, 0.05) is 34.0 Å². The molecular formula is C43H71F3IN3O10P+. The molecule has 0 radical (unpaired) electrons. The summed E-state index contributed by atoms with van der Waals surface area (Å²) in [5, 5.41) is 6.43. The molecule has 1 aromatic rings. The number of phosphoric acid groups is 1. The number of quaternary nitrogens is 1. The summed E-state index contributed by atoms with van der Waals surface area (Å²) in [5.41, 5.74) is -1.99. The Morgan fingerprint density at radius 3 is 1.67 bits per heavy atom. The van der Waals surface area contributed by atoms with Gasteiger partial charge in [0.1, 0.15) is 26.4 Å². The summed E-state index contributed by atoms with van der Waals surface area (Å²) in [7, 11) is 1.28. The molecule has 61 heavy (non-hydrogen) atoms. The van der Waals surface area contributed by atoms with Crippen LogP contribution < -0.4 is 0 Å². The number of carbonyl (C=O) groups excluding carboxylic acids is 3. The van der Waals surface area contributed by atoms with E-state index in [9.17, 15) is 37.0 Å². The molecule has 2 atom stereocenters. The molecule has 0 saturated heterocycles. The first kappa shape index (κ1) is 55.0. The largest absolute Gasteiger partial charge is 0.472 e. The highest BCUT2D eigenvalue weighted by atomic mass is 125. The Morgan fingerprint density at radius 2 is 1.21 bits per heavy atom. The van der Waals surface area contributed by atoms with Crippen LogP contribution in [0.1, 0.15) is 159 Å². The molecule has 0 saturated carbocycles. The number of esters is 3. The Kier molecular flexibility index (Phi) is 26.4. The van der Waals surface area contributed by atoms with Crippen LogP contribution in [0.5, 0.6) is 0 Å². The molecule has 1 N–H and O–H groups in total. The average Bonchev–Trinajstić information content (AvgIpc) is 4.01. The van der Waals surface area contributed by atoms with E-state index < -0.39 is 50.3 Å². The first-order valence-electron chi connectivity index (χ1n) is 22.1. The van der Waals surface area contributed by atoms with Crippen molar-refractivity contribution in [1.82, 2.24) is 0 Å². The van der Waals surface area contributed by atoms with Crippen LogP contribution in [0, 0.1) is 3.57 Å². The third kappa shape index (κ3) is 25.0. The third-order valence-electron chi connectivity index (χ3n) is 10.2. The highest BCUT2D eigenvalue weighted by Crippen LogP contribution is 2.52. The molecule has 2 rings (SSSR count). The van der Waals surface area contributed by atoms with Gasteiger partial charge in [0.15, 0.2) is 6.10 Å². The van der Waals surface area contributed by atoms with Gasteiger partial charge in [-0.15, -0.1) is 10.2 Å². The number of nitrogens with zero attached hydrogens (tertiary/aromatic N) is 3. The number of hydrogen-bond acceptors (Lipinski definition) is 11. The van der Waals surface area contributed by atoms with E-state index in [0.717, 1.165) is 44.9 Å². The minimum absolute atomic E-state index is 0.0246. The first-order valence-corrected chi connectivity index (χ1v) is 24.7. The van der Waals surface area contributed by atoms with Gasteiger partial charge in [0.2, 0.25) is 0 Å². The fourth-order valence-corrected chi connectivity index (χ4v) is 7.76. The topological polar surface area (TPSA) is 159 Å². The summed E-state index contributed by atoms with van der Waals surface area (Å²) in [4.78, 5) is 47.7. The van der Waals surface area contributed by atoms with Gasteiger partial charge in [-0.3, -0.25) is 23.4 Å². The lowest BCUT2D eigenvalue weighted by molar-refractivity contribution is -0.870. The Bertz CT molecular complexity index is 1520.